The van der Waals surface area contributed by atoms with Crippen LogP contribution in [-0.2, 0) is 13.5 Å². The van der Waals surface area contributed by atoms with Gasteiger partial charge in [0.25, 0.3) is 0 Å². The number of nitrogens with two attached hydrogens (primary N) is 1. The van der Waals surface area contributed by atoms with Gasteiger partial charge in [0, 0.05) is 29.7 Å². The lowest BCUT2D eigenvalue weighted by Gasteiger charge is -2.06. The maximum atomic E-state index is 13.9. The molecule has 0 saturated carbocycles. The largest absolute Gasteiger partial charge is 0.335 e. The molecule has 5 heteroatoms. The van der Waals surface area contributed by atoms with Crippen molar-refractivity contribution in [3.63, 3.8) is 0 Å². The van der Waals surface area contributed by atoms with Crippen LogP contribution in [-0.4, -0.2) is 16.1 Å². The molecular weight excluding hydrogens is 253 g/mol. The maximum Gasteiger partial charge on any atom is 0.132 e. The number of aromatic nitrogens is 2. The number of hydrogen-bond donors (Lipinski definition) is 1. The van der Waals surface area contributed by atoms with E-state index in [2.05, 4.69) is 4.98 Å². The predicted octanol–water partition coefficient (Wildman–Crippen LogP) is 2.69. The third-order valence-corrected chi connectivity index (χ3v) is 3.24. The maximum absolute atomic E-state index is 13.9. The topological polar surface area (TPSA) is 43.8 Å². The second kappa shape index (κ2) is 5.08. The standard InChI is InChI=1S/C13H15ClFN3/c1-8-17-13(12(5-6-16)18(8)2)10-7-9(14)3-4-11(10)15/h3-4,7H,5-6,16H2,1-2H3. The first kappa shape index (κ1) is 13.1. The molecule has 0 amide bonds. The van der Waals surface area contributed by atoms with Crippen LogP contribution in [0.25, 0.3) is 11.3 Å². The minimum absolute atomic E-state index is 0.323. The van der Waals surface area contributed by atoms with E-state index < -0.39 is 0 Å². The smallest absolute Gasteiger partial charge is 0.132 e. The Morgan fingerprint density at radius 1 is 1.44 bits per heavy atom. The molecule has 96 valence electrons. The van der Waals surface area contributed by atoms with E-state index in [0.717, 1.165) is 11.5 Å². The van der Waals surface area contributed by atoms with Gasteiger partial charge in [-0.25, -0.2) is 9.37 Å². The molecule has 0 bridgehead atoms. The average molecular weight is 268 g/mol. The molecule has 0 atom stereocenters. The Hall–Kier alpha value is -1.39. The molecule has 2 aromatic rings. The zero-order chi connectivity index (χ0) is 13.3. The van der Waals surface area contributed by atoms with Crippen molar-refractivity contribution in [1.82, 2.24) is 9.55 Å². The van der Waals surface area contributed by atoms with Crippen LogP contribution in [0.1, 0.15) is 11.5 Å². The van der Waals surface area contributed by atoms with Crippen LogP contribution >= 0.6 is 11.6 Å². The second-order valence-corrected chi connectivity index (χ2v) is 4.61. The van der Waals surface area contributed by atoms with Crippen molar-refractivity contribution in [1.29, 1.82) is 0 Å². The van der Waals surface area contributed by atoms with Crippen LogP contribution < -0.4 is 5.73 Å². The zero-order valence-corrected chi connectivity index (χ0v) is 11.1. The Balaban J connectivity index is 2.63. The number of rotatable bonds is 3. The minimum atomic E-state index is -0.323. The molecule has 1 aromatic heterocycles. The molecule has 0 spiro atoms. The van der Waals surface area contributed by atoms with Crippen molar-refractivity contribution in [3.05, 3.63) is 40.6 Å². The van der Waals surface area contributed by atoms with E-state index >= 15 is 0 Å². The van der Waals surface area contributed by atoms with Gasteiger partial charge in [-0.05, 0) is 31.7 Å². The van der Waals surface area contributed by atoms with E-state index in [1.54, 1.807) is 6.07 Å². The summed E-state index contributed by atoms with van der Waals surface area (Å²) < 4.78 is 15.8. The van der Waals surface area contributed by atoms with E-state index in [1.165, 1.54) is 12.1 Å². The summed E-state index contributed by atoms with van der Waals surface area (Å²) in [6, 6.07) is 4.48. The fraction of sp³-hybridized carbons (Fsp3) is 0.308. The summed E-state index contributed by atoms with van der Waals surface area (Å²) in [7, 11) is 1.90. The fourth-order valence-corrected chi connectivity index (χ4v) is 2.15. The molecule has 2 N–H and O–H groups in total. The Labute approximate surface area is 110 Å². The average Bonchev–Trinajstić information content (AvgIpc) is 2.61. The zero-order valence-electron chi connectivity index (χ0n) is 10.4. The van der Waals surface area contributed by atoms with Crippen LogP contribution in [0.4, 0.5) is 4.39 Å². The highest BCUT2D eigenvalue weighted by molar-refractivity contribution is 6.30. The summed E-state index contributed by atoms with van der Waals surface area (Å²) in [4.78, 5) is 4.41. The third kappa shape index (κ3) is 2.26. The van der Waals surface area contributed by atoms with Crippen molar-refractivity contribution in [2.75, 3.05) is 6.54 Å². The number of halogens is 2. The van der Waals surface area contributed by atoms with Gasteiger partial charge in [-0.1, -0.05) is 11.6 Å². The number of hydrogen-bond acceptors (Lipinski definition) is 2. The number of nitrogens with zero attached hydrogens (tertiary/aromatic N) is 2. The SMILES string of the molecule is Cc1nc(-c2cc(Cl)ccc2F)c(CCN)n1C. The minimum Gasteiger partial charge on any atom is -0.335 e. The summed E-state index contributed by atoms with van der Waals surface area (Å²) in [6.45, 7) is 2.38. The van der Waals surface area contributed by atoms with Crippen LogP contribution in [0.3, 0.4) is 0 Å². The lowest BCUT2D eigenvalue weighted by molar-refractivity contribution is 0.630. The molecule has 3 nitrogen and oxygen atoms in total. The van der Waals surface area contributed by atoms with Gasteiger partial charge in [-0.3, -0.25) is 0 Å². The molecule has 18 heavy (non-hydrogen) atoms. The molecular formula is C13H15ClFN3. The molecule has 0 aliphatic rings. The number of imidazole rings is 1. The van der Waals surface area contributed by atoms with Gasteiger partial charge in [0.1, 0.15) is 11.6 Å². The quantitative estimate of drug-likeness (QED) is 0.929. The summed E-state index contributed by atoms with van der Waals surface area (Å²) in [5.74, 6) is 0.503. The fourth-order valence-electron chi connectivity index (χ4n) is 1.97. The molecule has 0 fully saturated rings. The highest BCUT2D eigenvalue weighted by Crippen LogP contribution is 2.28. The summed E-state index contributed by atoms with van der Waals surface area (Å²) in [5.41, 5.74) is 7.57. The van der Waals surface area contributed by atoms with Crippen molar-refractivity contribution in [2.45, 2.75) is 13.3 Å². The monoisotopic (exact) mass is 267 g/mol. The molecule has 2 rings (SSSR count). The van der Waals surface area contributed by atoms with E-state index in [1.807, 2.05) is 18.5 Å². The van der Waals surface area contributed by atoms with Crippen molar-refractivity contribution in [3.8, 4) is 11.3 Å². The van der Waals surface area contributed by atoms with Gasteiger partial charge >= 0.3 is 0 Å². The molecule has 1 heterocycles. The van der Waals surface area contributed by atoms with E-state index in [0.29, 0.717) is 29.2 Å². The summed E-state index contributed by atoms with van der Waals surface area (Å²) >= 11 is 5.92. The van der Waals surface area contributed by atoms with Gasteiger partial charge in [0.05, 0.1) is 5.69 Å². The highest BCUT2D eigenvalue weighted by atomic mass is 35.5. The molecule has 1 aromatic carbocycles. The Morgan fingerprint density at radius 3 is 2.83 bits per heavy atom. The van der Waals surface area contributed by atoms with Gasteiger partial charge in [-0.2, -0.15) is 0 Å². The second-order valence-electron chi connectivity index (χ2n) is 4.18. The summed E-state index contributed by atoms with van der Waals surface area (Å²) in [5, 5.41) is 0.494. The van der Waals surface area contributed by atoms with Crippen LogP contribution in [0, 0.1) is 12.7 Å². The normalized spacial score (nSPS) is 10.9. The molecule has 0 aliphatic carbocycles. The third-order valence-electron chi connectivity index (χ3n) is 3.00. The lowest BCUT2D eigenvalue weighted by atomic mass is 10.1. The summed E-state index contributed by atoms with van der Waals surface area (Å²) in [6.07, 6.45) is 0.651. The van der Waals surface area contributed by atoms with Crippen molar-refractivity contribution in [2.24, 2.45) is 12.8 Å². The molecule has 0 radical (unpaired) electrons. The first-order valence-electron chi connectivity index (χ1n) is 5.72. The van der Waals surface area contributed by atoms with Gasteiger partial charge in [-0.15, -0.1) is 0 Å². The predicted molar refractivity (Wildman–Crippen MR) is 71.1 cm³/mol. The van der Waals surface area contributed by atoms with Crippen molar-refractivity contribution < 1.29 is 4.39 Å². The van der Waals surface area contributed by atoms with Crippen LogP contribution in [0.5, 0.6) is 0 Å². The first-order valence-corrected chi connectivity index (χ1v) is 6.10. The van der Waals surface area contributed by atoms with Crippen LogP contribution in [0.15, 0.2) is 18.2 Å². The van der Waals surface area contributed by atoms with Gasteiger partial charge in [0.2, 0.25) is 0 Å². The first-order chi connectivity index (χ1) is 8.54. The Bertz CT molecular complexity index is 578. The Morgan fingerprint density at radius 2 is 2.17 bits per heavy atom. The van der Waals surface area contributed by atoms with Gasteiger partial charge < -0.3 is 10.3 Å². The number of aryl methyl sites for hydroxylation is 1. The lowest BCUT2D eigenvalue weighted by Crippen LogP contribution is -2.08. The number of benzene rings is 1. The highest BCUT2D eigenvalue weighted by Gasteiger charge is 2.16. The Kier molecular flexibility index (Phi) is 3.68. The van der Waals surface area contributed by atoms with Crippen LogP contribution in [0.2, 0.25) is 5.02 Å². The van der Waals surface area contributed by atoms with Gasteiger partial charge in [0.15, 0.2) is 0 Å². The van der Waals surface area contributed by atoms with Crippen molar-refractivity contribution >= 4 is 11.6 Å². The molecule has 0 unspecified atom stereocenters. The van der Waals surface area contributed by atoms with E-state index in [4.69, 9.17) is 17.3 Å². The molecule has 0 aliphatic heterocycles. The van der Waals surface area contributed by atoms with E-state index in [9.17, 15) is 4.39 Å². The van der Waals surface area contributed by atoms with E-state index in [-0.39, 0.29) is 5.82 Å². The molecule has 0 saturated heterocycles.